The van der Waals surface area contributed by atoms with Crippen LogP contribution in [0.3, 0.4) is 0 Å². The maximum Gasteiger partial charge on any atom is 0.406 e. The van der Waals surface area contributed by atoms with E-state index in [4.69, 9.17) is 10.5 Å². The van der Waals surface area contributed by atoms with Crippen molar-refractivity contribution in [1.29, 1.82) is 0 Å². The summed E-state index contributed by atoms with van der Waals surface area (Å²) in [5.74, 6) is -0.406. The highest BCUT2D eigenvalue weighted by molar-refractivity contribution is 5.94. The van der Waals surface area contributed by atoms with Crippen molar-refractivity contribution in [2.45, 2.75) is 37.8 Å². The number of methoxy groups -OCH3 is 2. The lowest BCUT2D eigenvalue weighted by Crippen LogP contribution is -2.48. The first kappa shape index (κ1) is 30.0. The Labute approximate surface area is 240 Å². The molecule has 1 aliphatic rings. The highest BCUT2D eigenvalue weighted by Gasteiger charge is 2.43. The van der Waals surface area contributed by atoms with Gasteiger partial charge in [-0.2, -0.15) is 0 Å². The third kappa shape index (κ3) is 6.86. The van der Waals surface area contributed by atoms with Gasteiger partial charge in [-0.3, -0.25) is 4.79 Å². The standard InChI is InChI=1S/C32H38FN3O5/c1-40-26-9-3-7-24(19-26)29-27(10-4-11-28(29)33)32(39,16-6-17-35-31(38)41-2)25-8-5-18-36(21-25)30(37)23-14-12-22(20-34)13-15-23/h3-4,7,9-15,19,25,39H,5-6,8,16-18,20-21,34H2,1-2H3,(H,35,38)/t25?,32-/m1/s1. The van der Waals surface area contributed by atoms with Crippen molar-refractivity contribution in [2.24, 2.45) is 11.7 Å². The lowest BCUT2D eigenvalue weighted by Gasteiger charge is -2.43. The fraction of sp³-hybridized carbons (Fsp3) is 0.375. The first-order valence-corrected chi connectivity index (χ1v) is 13.9. The van der Waals surface area contributed by atoms with Gasteiger partial charge in [-0.05, 0) is 72.7 Å². The van der Waals surface area contributed by atoms with Crippen molar-refractivity contribution in [3.05, 3.63) is 89.2 Å². The number of carbonyl (C=O) groups excluding carboxylic acids is 2. The van der Waals surface area contributed by atoms with Gasteiger partial charge in [-0.1, -0.05) is 36.4 Å². The van der Waals surface area contributed by atoms with Crippen LogP contribution < -0.4 is 15.8 Å². The van der Waals surface area contributed by atoms with Crippen LogP contribution in [0, 0.1) is 11.7 Å². The topological polar surface area (TPSA) is 114 Å². The second-order valence-corrected chi connectivity index (χ2v) is 10.3. The molecule has 41 heavy (non-hydrogen) atoms. The number of hydrogen-bond donors (Lipinski definition) is 3. The Morgan fingerprint density at radius 1 is 1.12 bits per heavy atom. The molecule has 1 saturated heterocycles. The van der Waals surface area contributed by atoms with E-state index in [0.717, 1.165) is 5.56 Å². The summed E-state index contributed by atoms with van der Waals surface area (Å²) in [5, 5.41) is 15.2. The highest BCUT2D eigenvalue weighted by Crippen LogP contribution is 2.44. The van der Waals surface area contributed by atoms with E-state index >= 15 is 4.39 Å². The molecule has 0 bridgehead atoms. The molecule has 2 amide bonds. The number of nitrogens with two attached hydrogens (primary N) is 1. The number of aliphatic hydroxyl groups is 1. The van der Waals surface area contributed by atoms with Crippen LogP contribution in [0.15, 0.2) is 66.7 Å². The quantitative estimate of drug-likeness (QED) is 0.304. The summed E-state index contributed by atoms with van der Waals surface area (Å²) < 4.78 is 25.6. The number of nitrogens with zero attached hydrogens (tertiary/aromatic N) is 1. The minimum Gasteiger partial charge on any atom is -0.497 e. The van der Waals surface area contributed by atoms with Gasteiger partial charge < -0.3 is 30.5 Å². The zero-order valence-electron chi connectivity index (χ0n) is 23.6. The number of carbonyl (C=O) groups is 2. The fourth-order valence-corrected chi connectivity index (χ4v) is 5.65. The zero-order valence-corrected chi connectivity index (χ0v) is 23.6. The van der Waals surface area contributed by atoms with Gasteiger partial charge in [0.05, 0.1) is 19.8 Å². The Kier molecular flexibility index (Phi) is 9.96. The molecule has 0 radical (unpaired) electrons. The average molecular weight is 564 g/mol. The van der Waals surface area contributed by atoms with Crippen LogP contribution in [-0.2, 0) is 16.9 Å². The molecule has 1 unspecified atom stereocenters. The number of piperidine rings is 1. The summed E-state index contributed by atoms with van der Waals surface area (Å²) in [5.41, 5.74) is 7.00. The van der Waals surface area contributed by atoms with Gasteiger partial charge >= 0.3 is 6.09 Å². The van der Waals surface area contributed by atoms with E-state index in [0.29, 0.717) is 61.3 Å². The largest absolute Gasteiger partial charge is 0.497 e. The molecule has 8 nitrogen and oxygen atoms in total. The van der Waals surface area contributed by atoms with Crippen molar-refractivity contribution in [3.8, 4) is 16.9 Å². The lowest BCUT2D eigenvalue weighted by atomic mass is 9.72. The van der Waals surface area contributed by atoms with Crippen LogP contribution in [0.2, 0.25) is 0 Å². The molecular formula is C32H38FN3O5. The molecule has 1 fully saturated rings. The summed E-state index contributed by atoms with van der Waals surface area (Å²) in [6, 6.07) is 19.0. The summed E-state index contributed by atoms with van der Waals surface area (Å²) in [4.78, 5) is 26.9. The number of alkyl carbamates (subject to hydrolysis) is 1. The number of likely N-dealkylation sites (tertiary alicyclic amines) is 1. The van der Waals surface area contributed by atoms with Crippen molar-refractivity contribution < 1.29 is 28.6 Å². The molecule has 0 aliphatic carbocycles. The number of ether oxygens (including phenoxy) is 2. The van der Waals surface area contributed by atoms with E-state index in [-0.39, 0.29) is 30.4 Å². The van der Waals surface area contributed by atoms with Crippen LogP contribution in [0.4, 0.5) is 9.18 Å². The second kappa shape index (κ2) is 13.6. The van der Waals surface area contributed by atoms with Gasteiger partial charge in [0.1, 0.15) is 11.6 Å². The van der Waals surface area contributed by atoms with E-state index in [1.165, 1.54) is 13.2 Å². The number of hydrogen-bond acceptors (Lipinski definition) is 6. The Balaban J connectivity index is 1.70. The van der Waals surface area contributed by atoms with Crippen LogP contribution in [0.25, 0.3) is 11.1 Å². The molecule has 0 spiro atoms. The molecule has 0 aromatic heterocycles. The molecule has 9 heteroatoms. The minimum absolute atomic E-state index is 0.125. The normalized spacial score (nSPS) is 16.5. The number of nitrogens with one attached hydrogen (secondary N) is 1. The van der Waals surface area contributed by atoms with Gasteiger partial charge in [-0.15, -0.1) is 0 Å². The monoisotopic (exact) mass is 563 g/mol. The molecular weight excluding hydrogens is 525 g/mol. The molecule has 0 saturated carbocycles. The third-order valence-electron chi connectivity index (χ3n) is 7.85. The predicted octanol–water partition coefficient (Wildman–Crippen LogP) is 4.84. The lowest BCUT2D eigenvalue weighted by molar-refractivity contribution is -0.0564. The number of halogens is 1. The third-order valence-corrected chi connectivity index (χ3v) is 7.85. The summed E-state index contributed by atoms with van der Waals surface area (Å²) in [7, 11) is 2.83. The molecule has 218 valence electrons. The molecule has 4 N–H and O–H groups in total. The Hall–Kier alpha value is -3.95. The number of benzene rings is 3. The zero-order chi connectivity index (χ0) is 29.4. The molecule has 3 aromatic rings. The van der Waals surface area contributed by atoms with Crippen LogP contribution in [-0.4, -0.2) is 55.9 Å². The van der Waals surface area contributed by atoms with E-state index in [9.17, 15) is 14.7 Å². The van der Waals surface area contributed by atoms with Gasteiger partial charge in [0.2, 0.25) is 0 Å². The van der Waals surface area contributed by atoms with Gasteiger partial charge in [-0.25, -0.2) is 9.18 Å². The highest BCUT2D eigenvalue weighted by atomic mass is 19.1. The van der Waals surface area contributed by atoms with Crippen molar-refractivity contribution >= 4 is 12.0 Å². The first-order valence-electron chi connectivity index (χ1n) is 13.9. The van der Waals surface area contributed by atoms with Crippen LogP contribution in [0.1, 0.15) is 47.2 Å². The smallest absolute Gasteiger partial charge is 0.406 e. The second-order valence-electron chi connectivity index (χ2n) is 10.3. The minimum atomic E-state index is -1.50. The van der Waals surface area contributed by atoms with E-state index in [2.05, 4.69) is 10.1 Å². The molecule has 2 atom stereocenters. The Bertz CT molecular complexity index is 1350. The van der Waals surface area contributed by atoms with Gasteiger partial charge in [0, 0.05) is 43.2 Å². The average Bonchev–Trinajstić information content (AvgIpc) is 3.02. The first-order chi connectivity index (χ1) is 19.8. The summed E-state index contributed by atoms with van der Waals surface area (Å²) in [6.45, 7) is 1.51. The van der Waals surface area contributed by atoms with Crippen LogP contribution >= 0.6 is 0 Å². The number of rotatable bonds is 10. The van der Waals surface area contributed by atoms with Crippen molar-refractivity contribution in [2.75, 3.05) is 33.9 Å². The Morgan fingerprint density at radius 2 is 1.88 bits per heavy atom. The van der Waals surface area contributed by atoms with Crippen LogP contribution in [0.5, 0.6) is 5.75 Å². The van der Waals surface area contributed by atoms with E-state index < -0.39 is 17.5 Å². The van der Waals surface area contributed by atoms with Gasteiger partial charge in [0.15, 0.2) is 0 Å². The predicted molar refractivity (Wildman–Crippen MR) is 155 cm³/mol. The number of amides is 2. The van der Waals surface area contributed by atoms with Gasteiger partial charge in [0.25, 0.3) is 5.91 Å². The molecule has 4 rings (SSSR count). The maximum atomic E-state index is 15.6. The molecule has 1 aliphatic heterocycles. The molecule has 1 heterocycles. The summed E-state index contributed by atoms with van der Waals surface area (Å²) in [6.07, 6.45) is 1.40. The van der Waals surface area contributed by atoms with E-state index in [1.807, 2.05) is 12.1 Å². The van der Waals surface area contributed by atoms with Crippen molar-refractivity contribution in [3.63, 3.8) is 0 Å². The summed E-state index contributed by atoms with van der Waals surface area (Å²) >= 11 is 0. The van der Waals surface area contributed by atoms with Crippen molar-refractivity contribution in [1.82, 2.24) is 10.2 Å². The Morgan fingerprint density at radius 3 is 2.59 bits per heavy atom. The van der Waals surface area contributed by atoms with E-state index in [1.54, 1.807) is 60.5 Å². The SMILES string of the molecule is COC(=O)NCCC[C@](O)(c1cccc(F)c1-c1cccc(OC)c1)C1CCCN(C(=O)c2ccc(CN)cc2)C1. The fourth-order valence-electron chi connectivity index (χ4n) is 5.65. The maximum absolute atomic E-state index is 15.6. The molecule has 3 aromatic carbocycles.